The molecule has 0 aliphatic carbocycles. The van der Waals surface area contributed by atoms with Crippen LogP contribution in [0, 0.1) is 5.92 Å². The van der Waals surface area contributed by atoms with E-state index in [1.165, 1.54) is 5.69 Å². The normalized spacial score (nSPS) is 11.1. The number of nitrogens with one attached hydrogen (secondary N) is 1. The first kappa shape index (κ1) is 14.7. The second-order valence-corrected chi connectivity index (χ2v) is 5.03. The highest BCUT2D eigenvalue weighted by atomic mass is 16.1. The van der Waals surface area contributed by atoms with Crippen LogP contribution in [0.1, 0.15) is 38.8 Å². The maximum absolute atomic E-state index is 10.6. The van der Waals surface area contributed by atoms with Crippen molar-refractivity contribution in [1.82, 2.24) is 14.9 Å². The van der Waals surface area contributed by atoms with E-state index in [9.17, 15) is 4.79 Å². The number of hydrogen-bond donors (Lipinski definition) is 2. The summed E-state index contributed by atoms with van der Waals surface area (Å²) in [5.74, 6) is 0.427. The van der Waals surface area contributed by atoms with Crippen molar-refractivity contribution in [3.8, 4) is 0 Å². The van der Waals surface area contributed by atoms with Gasteiger partial charge in [-0.2, -0.15) is 0 Å². The van der Waals surface area contributed by atoms with Crippen molar-refractivity contribution in [2.45, 2.75) is 46.2 Å². The molecule has 0 saturated heterocycles. The van der Waals surface area contributed by atoms with Crippen LogP contribution in [0.25, 0.3) is 0 Å². The summed E-state index contributed by atoms with van der Waals surface area (Å²) < 4.78 is 2.13. The zero-order valence-corrected chi connectivity index (χ0v) is 11.4. The molecule has 0 spiro atoms. The van der Waals surface area contributed by atoms with Crippen LogP contribution in [0.4, 0.5) is 0 Å². The highest BCUT2D eigenvalue weighted by molar-refractivity contribution is 5.73. The molecule has 1 aromatic rings. The standard InChI is InChI=1S/C13H24N4O/c1-11(2)7-15-8-12-9-16-10-17(12)6-4-3-5-13(14)18/h9-11,15H,3-8H2,1-2H3,(H2,14,18). The SMILES string of the molecule is CC(C)CNCc1cncn1CCCCC(N)=O. The maximum atomic E-state index is 10.6. The van der Waals surface area contributed by atoms with Crippen LogP contribution in [-0.2, 0) is 17.9 Å². The molecule has 0 radical (unpaired) electrons. The lowest BCUT2D eigenvalue weighted by atomic mass is 10.2. The Kier molecular flexibility index (Phi) is 6.43. The van der Waals surface area contributed by atoms with Crippen LogP contribution in [0.3, 0.4) is 0 Å². The summed E-state index contributed by atoms with van der Waals surface area (Å²) in [5, 5.41) is 3.40. The van der Waals surface area contributed by atoms with Gasteiger partial charge in [-0.25, -0.2) is 4.98 Å². The molecule has 102 valence electrons. The third-order valence-electron chi connectivity index (χ3n) is 2.73. The minimum absolute atomic E-state index is 0.223. The predicted molar refractivity (Wildman–Crippen MR) is 71.8 cm³/mol. The monoisotopic (exact) mass is 252 g/mol. The number of aryl methyl sites for hydroxylation is 1. The summed E-state index contributed by atoms with van der Waals surface area (Å²) >= 11 is 0. The molecule has 1 heterocycles. The summed E-state index contributed by atoms with van der Waals surface area (Å²) in [7, 11) is 0. The summed E-state index contributed by atoms with van der Waals surface area (Å²) in [5.41, 5.74) is 6.30. The van der Waals surface area contributed by atoms with Gasteiger partial charge in [0.05, 0.1) is 12.0 Å². The van der Waals surface area contributed by atoms with Crippen molar-refractivity contribution >= 4 is 5.91 Å². The van der Waals surface area contributed by atoms with Crippen molar-refractivity contribution in [3.05, 3.63) is 18.2 Å². The van der Waals surface area contributed by atoms with Crippen LogP contribution < -0.4 is 11.1 Å². The van der Waals surface area contributed by atoms with Gasteiger partial charge < -0.3 is 15.6 Å². The van der Waals surface area contributed by atoms with Gasteiger partial charge in [0.15, 0.2) is 0 Å². The molecule has 0 fully saturated rings. The highest BCUT2D eigenvalue weighted by Gasteiger charge is 2.02. The molecular formula is C13H24N4O. The quantitative estimate of drug-likeness (QED) is 0.650. The van der Waals surface area contributed by atoms with E-state index in [-0.39, 0.29) is 5.91 Å². The van der Waals surface area contributed by atoms with Gasteiger partial charge >= 0.3 is 0 Å². The number of hydrogen-bond acceptors (Lipinski definition) is 3. The summed E-state index contributed by atoms with van der Waals surface area (Å²) in [6, 6.07) is 0. The van der Waals surface area contributed by atoms with Crippen molar-refractivity contribution < 1.29 is 4.79 Å². The number of rotatable bonds is 9. The molecule has 1 aromatic heterocycles. The number of primary amides is 1. The minimum Gasteiger partial charge on any atom is -0.370 e. The van der Waals surface area contributed by atoms with Crippen molar-refractivity contribution in [1.29, 1.82) is 0 Å². The molecule has 3 N–H and O–H groups in total. The highest BCUT2D eigenvalue weighted by Crippen LogP contribution is 2.04. The largest absolute Gasteiger partial charge is 0.370 e. The molecule has 1 rings (SSSR count). The van der Waals surface area contributed by atoms with Gasteiger partial charge in [-0.15, -0.1) is 0 Å². The van der Waals surface area contributed by atoms with Crippen LogP contribution in [0.15, 0.2) is 12.5 Å². The Morgan fingerprint density at radius 1 is 1.50 bits per heavy atom. The Balaban J connectivity index is 2.28. The van der Waals surface area contributed by atoms with E-state index in [1.807, 2.05) is 12.5 Å². The number of amides is 1. The summed E-state index contributed by atoms with van der Waals surface area (Å²) in [6.45, 7) is 7.12. The number of nitrogens with two attached hydrogens (primary N) is 1. The number of unbranched alkanes of at least 4 members (excludes halogenated alkanes) is 1. The molecule has 0 atom stereocenters. The molecule has 18 heavy (non-hydrogen) atoms. The minimum atomic E-state index is -0.223. The Hall–Kier alpha value is -1.36. The summed E-state index contributed by atoms with van der Waals surface area (Å²) in [6.07, 6.45) is 6.00. The maximum Gasteiger partial charge on any atom is 0.217 e. The average Bonchev–Trinajstić information content (AvgIpc) is 2.71. The predicted octanol–water partition coefficient (Wildman–Crippen LogP) is 1.28. The molecule has 5 nitrogen and oxygen atoms in total. The first-order valence-electron chi connectivity index (χ1n) is 6.57. The van der Waals surface area contributed by atoms with E-state index < -0.39 is 0 Å². The van der Waals surface area contributed by atoms with E-state index in [0.717, 1.165) is 32.5 Å². The van der Waals surface area contributed by atoms with Crippen LogP contribution in [-0.4, -0.2) is 22.0 Å². The fraction of sp³-hybridized carbons (Fsp3) is 0.692. The van der Waals surface area contributed by atoms with Crippen molar-refractivity contribution in [2.24, 2.45) is 11.7 Å². The van der Waals surface area contributed by atoms with Gasteiger partial charge in [-0.3, -0.25) is 4.79 Å². The molecule has 0 aliphatic rings. The van der Waals surface area contributed by atoms with E-state index in [0.29, 0.717) is 12.3 Å². The molecule has 0 saturated carbocycles. The first-order chi connectivity index (χ1) is 8.59. The lowest BCUT2D eigenvalue weighted by molar-refractivity contribution is -0.118. The molecule has 0 aliphatic heterocycles. The Labute approximate surface area is 109 Å². The van der Waals surface area contributed by atoms with Gasteiger partial charge in [-0.05, 0) is 25.3 Å². The lowest BCUT2D eigenvalue weighted by Gasteiger charge is -2.10. The number of imidazole rings is 1. The average molecular weight is 252 g/mol. The first-order valence-corrected chi connectivity index (χ1v) is 6.57. The van der Waals surface area contributed by atoms with E-state index in [2.05, 4.69) is 28.7 Å². The number of carbonyl (C=O) groups is 1. The molecule has 0 aromatic carbocycles. The van der Waals surface area contributed by atoms with Gasteiger partial charge in [0.25, 0.3) is 0 Å². The van der Waals surface area contributed by atoms with Gasteiger partial charge in [0, 0.05) is 25.7 Å². The number of aromatic nitrogens is 2. The fourth-order valence-electron chi connectivity index (χ4n) is 1.77. The molecule has 5 heteroatoms. The van der Waals surface area contributed by atoms with E-state index >= 15 is 0 Å². The lowest BCUT2D eigenvalue weighted by Crippen LogP contribution is -2.20. The third kappa shape index (κ3) is 5.82. The van der Waals surface area contributed by atoms with Gasteiger partial charge in [0.1, 0.15) is 0 Å². The van der Waals surface area contributed by atoms with Gasteiger partial charge in [-0.1, -0.05) is 13.8 Å². The van der Waals surface area contributed by atoms with E-state index in [1.54, 1.807) is 0 Å². The molecule has 0 unspecified atom stereocenters. The van der Waals surface area contributed by atoms with E-state index in [4.69, 9.17) is 5.73 Å². The topological polar surface area (TPSA) is 72.9 Å². The number of carbonyl (C=O) groups excluding carboxylic acids is 1. The number of nitrogens with zero attached hydrogens (tertiary/aromatic N) is 2. The van der Waals surface area contributed by atoms with Crippen LogP contribution in [0.2, 0.25) is 0 Å². The molecule has 1 amide bonds. The Bertz CT molecular complexity index is 360. The van der Waals surface area contributed by atoms with Crippen molar-refractivity contribution in [2.75, 3.05) is 6.54 Å². The van der Waals surface area contributed by atoms with Gasteiger partial charge in [0.2, 0.25) is 5.91 Å². The zero-order chi connectivity index (χ0) is 13.4. The second kappa shape index (κ2) is 7.87. The fourth-order valence-corrected chi connectivity index (χ4v) is 1.77. The Morgan fingerprint density at radius 3 is 2.94 bits per heavy atom. The summed E-state index contributed by atoms with van der Waals surface area (Å²) in [4.78, 5) is 14.8. The Morgan fingerprint density at radius 2 is 2.28 bits per heavy atom. The smallest absolute Gasteiger partial charge is 0.217 e. The van der Waals surface area contributed by atoms with Crippen LogP contribution in [0.5, 0.6) is 0 Å². The molecular weight excluding hydrogens is 228 g/mol. The second-order valence-electron chi connectivity index (χ2n) is 5.03. The third-order valence-corrected chi connectivity index (χ3v) is 2.73. The zero-order valence-electron chi connectivity index (χ0n) is 11.4. The van der Waals surface area contributed by atoms with Crippen molar-refractivity contribution in [3.63, 3.8) is 0 Å². The molecule has 0 bridgehead atoms. The van der Waals surface area contributed by atoms with Crippen LogP contribution >= 0.6 is 0 Å².